The number of carbonyl (C=O) groups excluding carboxylic acids is 1. The van der Waals surface area contributed by atoms with E-state index in [1.165, 1.54) is 37.9 Å². The van der Waals surface area contributed by atoms with Gasteiger partial charge in [0.05, 0.1) is 0 Å². The van der Waals surface area contributed by atoms with Crippen molar-refractivity contribution in [3.8, 4) is 0 Å². The highest BCUT2D eigenvalue weighted by molar-refractivity contribution is 5.93. The summed E-state index contributed by atoms with van der Waals surface area (Å²) in [5.74, 6) is -0.0190. The quantitative estimate of drug-likeness (QED) is 0.908. The molecule has 1 heterocycles. The maximum Gasteiger partial charge on any atom is 0.251 e. The molecule has 0 saturated carbocycles. The molecule has 0 aliphatic carbocycles. The van der Waals surface area contributed by atoms with Gasteiger partial charge in [-0.05, 0) is 43.6 Å². The van der Waals surface area contributed by atoms with Gasteiger partial charge < -0.3 is 5.32 Å². The summed E-state index contributed by atoms with van der Waals surface area (Å²) in [6.07, 6.45) is 4.00. The second-order valence-corrected chi connectivity index (χ2v) is 4.61. The number of benzene rings is 1. The average molecular weight is 262 g/mol. The summed E-state index contributed by atoms with van der Waals surface area (Å²) in [6.45, 7) is 7.42. The SMILES string of the molecule is CC.CNC(=O)c1ccc(CN2CCCCC2)cc1. The highest BCUT2D eigenvalue weighted by Crippen LogP contribution is 2.13. The predicted octanol–water partition coefficient (Wildman–Crippen LogP) is 3.06. The van der Waals surface area contributed by atoms with Crippen molar-refractivity contribution in [2.75, 3.05) is 20.1 Å². The van der Waals surface area contributed by atoms with Crippen molar-refractivity contribution >= 4 is 5.91 Å². The van der Waals surface area contributed by atoms with Gasteiger partial charge in [-0.2, -0.15) is 0 Å². The number of hydrogen-bond donors (Lipinski definition) is 1. The Morgan fingerprint density at radius 1 is 1.11 bits per heavy atom. The van der Waals surface area contributed by atoms with E-state index in [0.717, 1.165) is 12.1 Å². The number of hydrogen-bond acceptors (Lipinski definition) is 2. The first-order chi connectivity index (χ1) is 9.29. The van der Waals surface area contributed by atoms with Crippen LogP contribution < -0.4 is 5.32 Å². The number of piperidine rings is 1. The molecule has 19 heavy (non-hydrogen) atoms. The molecule has 0 atom stereocenters. The van der Waals surface area contributed by atoms with Crippen molar-refractivity contribution in [3.05, 3.63) is 35.4 Å². The van der Waals surface area contributed by atoms with Crippen LogP contribution in [-0.2, 0) is 6.54 Å². The lowest BCUT2D eigenvalue weighted by molar-refractivity contribution is 0.0963. The van der Waals surface area contributed by atoms with Gasteiger partial charge in [0, 0.05) is 19.2 Å². The molecular weight excluding hydrogens is 236 g/mol. The van der Waals surface area contributed by atoms with E-state index in [2.05, 4.69) is 22.3 Å². The Morgan fingerprint density at radius 2 is 1.68 bits per heavy atom. The molecule has 3 nitrogen and oxygen atoms in total. The van der Waals surface area contributed by atoms with E-state index < -0.39 is 0 Å². The van der Waals surface area contributed by atoms with Gasteiger partial charge >= 0.3 is 0 Å². The third kappa shape index (κ3) is 5.03. The first kappa shape index (κ1) is 15.7. The third-order valence-corrected chi connectivity index (χ3v) is 3.30. The van der Waals surface area contributed by atoms with Gasteiger partial charge in [-0.15, -0.1) is 0 Å². The van der Waals surface area contributed by atoms with Gasteiger partial charge in [0.2, 0.25) is 0 Å². The van der Waals surface area contributed by atoms with E-state index in [4.69, 9.17) is 0 Å². The summed E-state index contributed by atoms with van der Waals surface area (Å²) in [5.41, 5.74) is 2.02. The zero-order valence-corrected chi connectivity index (χ0v) is 12.4. The summed E-state index contributed by atoms with van der Waals surface area (Å²) < 4.78 is 0. The molecule has 0 unspecified atom stereocenters. The molecule has 3 heteroatoms. The Labute approximate surface area is 117 Å². The van der Waals surface area contributed by atoms with Crippen LogP contribution in [0.2, 0.25) is 0 Å². The molecular formula is C16H26N2O. The smallest absolute Gasteiger partial charge is 0.251 e. The maximum atomic E-state index is 11.4. The molecule has 2 rings (SSSR count). The summed E-state index contributed by atoms with van der Waals surface area (Å²) in [4.78, 5) is 13.9. The number of carbonyl (C=O) groups is 1. The van der Waals surface area contributed by atoms with Gasteiger partial charge in [0.1, 0.15) is 0 Å². The number of rotatable bonds is 3. The van der Waals surface area contributed by atoms with Crippen molar-refractivity contribution in [1.29, 1.82) is 0 Å². The number of likely N-dealkylation sites (tertiary alicyclic amines) is 1. The van der Waals surface area contributed by atoms with Gasteiger partial charge in [-0.3, -0.25) is 9.69 Å². The molecule has 1 aliphatic heterocycles. The normalized spacial score (nSPS) is 15.3. The number of nitrogens with zero attached hydrogens (tertiary/aromatic N) is 1. The van der Waals surface area contributed by atoms with Crippen molar-refractivity contribution in [1.82, 2.24) is 10.2 Å². The lowest BCUT2D eigenvalue weighted by atomic mass is 10.1. The molecule has 0 aromatic heterocycles. The molecule has 0 bridgehead atoms. The zero-order valence-electron chi connectivity index (χ0n) is 12.4. The van der Waals surface area contributed by atoms with Crippen LogP contribution in [0.25, 0.3) is 0 Å². The minimum absolute atomic E-state index is 0.0190. The van der Waals surface area contributed by atoms with Gasteiger partial charge in [-0.1, -0.05) is 32.4 Å². The zero-order chi connectivity index (χ0) is 14.1. The Balaban J connectivity index is 0.000000861. The second-order valence-electron chi connectivity index (χ2n) is 4.61. The van der Waals surface area contributed by atoms with Crippen LogP contribution >= 0.6 is 0 Å². The summed E-state index contributed by atoms with van der Waals surface area (Å²) >= 11 is 0. The van der Waals surface area contributed by atoms with Crippen LogP contribution in [0.5, 0.6) is 0 Å². The lowest BCUT2D eigenvalue weighted by Gasteiger charge is -2.26. The molecule has 0 radical (unpaired) electrons. The highest BCUT2D eigenvalue weighted by Gasteiger charge is 2.10. The molecule has 1 amide bonds. The first-order valence-corrected chi connectivity index (χ1v) is 7.33. The van der Waals surface area contributed by atoms with E-state index in [1.54, 1.807) is 7.05 Å². The Kier molecular flexibility index (Phi) is 7.19. The Morgan fingerprint density at radius 3 is 2.21 bits per heavy atom. The van der Waals surface area contributed by atoms with Crippen molar-refractivity contribution < 1.29 is 4.79 Å². The monoisotopic (exact) mass is 262 g/mol. The van der Waals surface area contributed by atoms with Crippen LogP contribution in [0.4, 0.5) is 0 Å². The van der Waals surface area contributed by atoms with E-state index in [9.17, 15) is 4.79 Å². The van der Waals surface area contributed by atoms with Crippen molar-refractivity contribution in [2.45, 2.75) is 39.7 Å². The Hall–Kier alpha value is -1.35. The fraction of sp³-hybridized carbons (Fsp3) is 0.562. The van der Waals surface area contributed by atoms with Crippen LogP contribution in [-0.4, -0.2) is 30.9 Å². The highest BCUT2D eigenvalue weighted by atomic mass is 16.1. The fourth-order valence-electron chi connectivity index (χ4n) is 2.28. The Bertz CT molecular complexity index is 367. The molecule has 1 N–H and O–H groups in total. The van der Waals surface area contributed by atoms with Gasteiger partial charge in [0.25, 0.3) is 5.91 Å². The maximum absolute atomic E-state index is 11.4. The molecule has 1 aliphatic rings. The minimum Gasteiger partial charge on any atom is -0.355 e. The molecule has 1 aromatic rings. The predicted molar refractivity (Wildman–Crippen MR) is 80.3 cm³/mol. The fourth-order valence-corrected chi connectivity index (χ4v) is 2.28. The van der Waals surface area contributed by atoms with Crippen LogP contribution in [0, 0.1) is 0 Å². The minimum atomic E-state index is -0.0190. The average Bonchev–Trinajstić information content (AvgIpc) is 2.50. The molecule has 106 valence electrons. The van der Waals surface area contributed by atoms with Gasteiger partial charge in [-0.25, -0.2) is 0 Å². The molecule has 1 fully saturated rings. The van der Waals surface area contributed by atoms with E-state index in [-0.39, 0.29) is 5.91 Å². The van der Waals surface area contributed by atoms with Crippen LogP contribution in [0.1, 0.15) is 49.0 Å². The molecule has 1 saturated heterocycles. The van der Waals surface area contributed by atoms with E-state index in [0.29, 0.717) is 0 Å². The molecule has 0 spiro atoms. The molecule has 1 aromatic carbocycles. The lowest BCUT2D eigenvalue weighted by Crippen LogP contribution is -2.29. The summed E-state index contributed by atoms with van der Waals surface area (Å²) in [7, 11) is 1.66. The largest absolute Gasteiger partial charge is 0.355 e. The van der Waals surface area contributed by atoms with Gasteiger partial charge in [0.15, 0.2) is 0 Å². The first-order valence-electron chi connectivity index (χ1n) is 7.33. The second kappa shape index (κ2) is 8.70. The van der Waals surface area contributed by atoms with Crippen LogP contribution in [0.3, 0.4) is 0 Å². The number of amides is 1. The number of nitrogens with one attached hydrogen (secondary N) is 1. The van der Waals surface area contributed by atoms with Crippen molar-refractivity contribution in [3.63, 3.8) is 0 Å². The van der Waals surface area contributed by atoms with E-state index >= 15 is 0 Å². The summed E-state index contributed by atoms with van der Waals surface area (Å²) in [6, 6.07) is 7.91. The summed E-state index contributed by atoms with van der Waals surface area (Å²) in [5, 5.41) is 2.63. The van der Waals surface area contributed by atoms with Crippen LogP contribution in [0.15, 0.2) is 24.3 Å². The van der Waals surface area contributed by atoms with Crippen molar-refractivity contribution in [2.24, 2.45) is 0 Å². The van der Waals surface area contributed by atoms with E-state index in [1.807, 2.05) is 26.0 Å². The topological polar surface area (TPSA) is 32.3 Å². The third-order valence-electron chi connectivity index (χ3n) is 3.30. The standard InChI is InChI=1S/C14H20N2O.C2H6/c1-15-14(17)13-7-5-12(6-8-13)11-16-9-3-2-4-10-16;1-2/h5-8H,2-4,9-11H2,1H3,(H,15,17);1-2H3.